The number of carbonyl (C=O) groups excluding carboxylic acids is 2. The standard InChI is InChI=1S/C32H37BrN2O2S/c1-32(2,3)24-11-14-26-27(20-24)38-30(34-29(36)23-9-12-25(33)13-10-23)28(26)31(37)35-17-15-22(16-18-35)19-21-7-5-4-6-8-21/h4-10,12-13,22,24H,11,14-20H2,1-3H3,(H,34,36). The molecule has 3 aromatic rings. The van der Waals surface area contributed by atoms with Crippen LogP contribution in [0.15, 0.2) is 59.1 Å². The van der Waals surface area contributed by atoms with E-state index in [1.165, 1.54) is 10.4 Å². The summed E-state index contributed by atoms with van der Waals surface area (Å²) >= 11 is 5.05. The number of nitrogens with one attached hydrogen (secondary N) is 1. The smallest absolute Gasteiger partial charge is 0.257 e. The maximum absolute atomic E-state index is 14.0. The van der Waals surface area contributed by atoms with Crippen molar-refractivity contribution in [1.29, 1.82) is 0 Å². The minimum absolute atomic E-state index is 0.0842. The van der Waals surface area contributed by atoms with Crippen LogP contribution in [0.1, 0.15) is 76.8 Å². The van der Waals surface area contributed by atoms with Crippen LogP contribution in [-0.4, -0.2) is 29.8 Å². The van der Waals surface area contributed by atoms with Gasteiger partial charge in [-0.2, -0.15) is 0 Å². The molecular formula is C32H37BrN2O2S. The number of rotatable bonds is 5. The molecule has 2 amide bonds. The van der Waals surface area contributed by atoms with E-state index in [-0.39, 0.29) is 17.2 Å². The zero-order valence-electron chi connectivity index (χ0n) is 22.6. The van der Waals surface area contributed by atoms with Gasteiger partial charge in [-0.05, 0) is 91.2 Å². The highest BCUT2D eigenvalue weighted by Crippen LogP contribution is 2.45. The van der Waals surface area contributed by atoms with Crippen molar-refractivity contribution in [3.8, 4) is 0 Å². The van der Waals surface area contributed by atoms with Gasteiger partial charge in [0.15, 0.2) is 0 Å². The SMILES string of the molecule is CC(C)(C)C1CCc2c(sc(NC(=O)c3ccc(Br)cc3)c2C(=O)N2CCC(Cc3ccccc3)CC2)C1. The first-order chi connectivity index (χ1) is 18.2. The van der Waals surface area contributed by atoms with Crippen molar-refractivity contribution in [2.45, 2.75) is 59.3 Å². The Morgan fingerprint density at radius 3 is 2.34 bits per heavy atom. The van der Waals surface area contributed by atoms with Gasteiger partial charge in [0, 0.05) is 28.0 Å². The van der Waals surface area contributed by atoms with Crippen LogP contribution < -0.4 is 5.32 Å². The molecule has 1 atom stereocenters. The number of halogens is 1. The fourth-order valence-corrected chi connectivity index (χ4v) is 7.44. The summed E-state index contributed by atoms with van der Waals surface area (Å²) in [5.74, 6) is 1.09. The van der Waals surface area contributed by atoms with Crippen LogP contribution in [0, 0.1) is 17.3 Å². The Hall–Kier alpha value is -2.44. The summed E-state index contributed by atoms with van der Waals surface area (Å²) in [7, 11) is 0. The zero-order chi connectivity index (χ0) is 26.9. The van der Waals surface area contributed by atoms with Gasteiger partial charge < -0.3 is 10.2 Å². The van der Waals surface area contributed by atoms with Crippen molar-refractivity contribution in [2.24, 2.45) is 17.3 Å². The number of nitrogens with zero attached hydrogens (tertiary/aromatic N) is 1. The zero-order valence-corrected chi connectivity index (χ0v) is 25.0. The molecule has 1 aromatic heterocycles. The predicted molar refractivity (Wildman–Crippen MR) is 160 cm³/mol. The summed E-state index contributed by atoms with van der Waals surface area (Å²) < 4.78 is 0.931. The summed E-state index contributed by atoms with van der Waals surface area (Å²) in [6.45, 7) is 8.45. The van der Waals surface area contributed by atoms with Crippen molar-refractivity contribution in [3.05, 3.63) is 86.2 Å². The number of benzene rings is 2. The molecule has 0 radical (unpaired) electrons. The second-order valence-electron chi connectivity index (χ2n) is 11.9. The molecule has 6 heteroatoms. The van der Waals surface area contributed by atoms with Crippen molar-refractivity contribution in [1.82, 2.24) is 4.90 Å². The van der Waals surface area contributed by atoms with Crippen molar-refractivity contribution in [3.63, 3.8) is 0 Å². The Kier molecular flexibility index (Phi) is 8.11. The number of thiophene rings is 1. The minimum Gasteiger partial charge on any atom is -0.339 e. The van der Waals surface area contributed by atoms with Crippen LogP contribution in [0.5, 0.6) is 0 Å². The molecule has 1 unspecified atom stereocenters. The van der Waals surface area contributed by atoms with Crippen LogP contribution in [0.2, 0.25) is 0 Å². The first kappa shape index (κ1) is 27.1. The summed E-state index contributed by atoms with van der Waals surface area (Å²) in [5.41, 5.74) is 4.08. The lowest BCUT2D eigenvalue weighted by atomic mass is 9.72. The monoisotopic (exact) mass is 592 g/mol. The van der Waals surface area contributed by atoms with Crippen molar-refractivity contribution in [2.75, 3.05) is 18.4 Å². The molecule has 1 aliphatic carbocycles. The third-order valence-corrected chi connectivity index (χ3v) is 10.0. The maximum Gasteiger partial charge on any atom is 0.257 e. The maximum atomic E-state index is 14.0. The number of hydrogen-bond acceptors (Lipinski definition) is 3. The van der Waals surface area contributed by atoms with E-state index in [9.17, 15) is 9.59 Å². The largest absolute Gasteiger partial charge is 0.339 e. The van der Waals surface area contributed by atoms with E-state index in [0.717, 1.165) is 67.2 Å². The Labute approximate surface area is 239 Å². The number of likely N-dealkylation sites (tertiary alicyclic amines) is 1. The Balaban J connectivity index is 1.37. The number of fused-ring (bicyclic) bond motifs is 1. The molecule has 1 fully saturated rings. The molecule has 4 nitrogen and oxygen atoms in total. The fraction of sp³-hybridized carbons (Fsp3) is 0.438. The molecule has 1 aliphatic heterocycles. The molecule has 1 N–H and O–H groups in total. The quantitative estimate of drug-likeness (QED) is 0.326. The summed E-state index contributed by atoms with van der Waals surface area (Å²) in [5, 5.41) is 3.85. The van der Waals surface area contributed by atoms with Crippen LogP contribution >= 0.6 is 27.3 Å². The van der Waals surface area contributed by atoms with E-state index in [1.54, 1.807) is 11.3 Å². The van der Waals surface area contributed by atoms with E-state index >= 15 is 0 Å². The van der Waals surface area contributed by atoms with Gasteiger partial charge >= 0.3 is 0 Å². The second kappa shape index (κ2) is 11.4. The average molecular weight is 594 g/mol. The van der Waals surface area contributed by atoms with Gasteiger partial charge in [0.25, 0.3) is 11.8 Å². The van der Waals surface area contributed by atoms with E-state index in [0.29, 0.717) is 22.4 Å². The van der Waals surface area contributed by atoms with E-state index < -0.39 is 0 Å². The van der Waals surface area contributed by atoms with Gasteiger partial charge in [0.2, 0.25) is 0 Å². The molecular weight excluding hydrogens is 556 g/mol. The molecule has 0 saturated carbocycles. The summed E-state index contributed by atoms with van der Waals surface area (Å²) in [6.07, 6.45) is 6.04. The minimum atomic E-state index is -0.168. The molecule has 0 spiro atoms. The lowest BCUT2D eigenvalue weighted by Crippen LogP contribution is -2.39. The average Bonchev–Trinajstić information content (AvgIpc) is 3.26. The molecule has 2 heterocycles. The van der Waals surface area contributed by atoms with Gasteiger partial charge in [-0.25, -0.2) is 0 Å². The molecule has 38 heavy (non-hydrogen) atoms. The molecule has 2 aliphatic rings. The highest BCUT2D eigenvalue weighted by atomic mass is 79.9. The number of piperidine rings is 1. The Morgan fingerprint density at radius 1 is 1.00 bits per heavy atom. The first-order valence-corrected chi connectivity index (χ1v) is 15.3. The molecule has 1 saturated heterocycles. The van der Waals surface area contributed by atoms with Gasteiger partial charge in [0.1, 0.15) is 5.00 Å². The molecule has 2 aromatic carbocycles. The van der Waals surface area contributed by atoms with Crippen molar-refractivity contribution < 1.29 is 9.59 Å². The van der Waals surface area contributed by atoms with Gasteiger partial charge in [-0.1, -0.05) is 67.0 Å². The van der Waals surface area contributed by atoms with Crippen LogP contribution in [0.25, 0.3) is 0 Å². The number of carbonyl (C=O) groups is 2. The van der Waals surface area contributed by atoms with Gasteiger partial charge in [-0.15, -0.1) is 11.3 Å². The first-order valence-electron chi connectivity index (χ1n) is 13.7. The third-order valence-electron chi connectivity index (χ3n) is 8.31. The number of anilines is 1. The third kappa shape index (κ3) is 6.07. The topological polar surface area (TPSA) is 49.4 Å². The van der Waals surface area contributed by atoms with Crippen LogP contribution in [-0.2, 0) is 19.3 Å². The van der Waals surface area contributed by atoms with Gasteiger partial charge in [0.05, 0.1) is 5.56 Å². The van der Waals surface area contributed by atoms with Crippen LogP contribution in [0.4, 0.5) is 5.00 Å². The Morgan fingerprint density at radius 2 is 1.68 bits per heavy atom. The van der Waals surface area contributed by atoms with E-state index in [4.69, 9.17) is 0 Å². The van der Waals surface area contributed by atoms with Crippen molar-refractivity contribution >= 4 is 44.1 Å². The lowest BCUT2D eigenvalue weighted by Gasteiger charge is -2.35. The molecule has 0 bridgehead atoms. The van der Waals surface area contributed by atoms with E-state index in [1.807, 2.05) is 29.2 Å². The second-order valence-corrected chi connectivity index (χ2v) is 13.9. The normalized spacial score (nSPS) is 18.2. The lowest BCUT2D eigenvalue weighted by molar-refractivity contribution is 0.0690. The van der Waals surface area contributed by atoms with Gasteiger partial charge in [-0.3, -0.25) is 9.59 Å². The highest BCUT2D eigenvalue weighted by molar-refractivity contribution is 9.10. The van der Waals surface area contributed by atoms with E-state index in [2.05, 4.69) is 72.3 Å². The summed E-state index contributed by atoms with van der Waals surface area (Å²) in [4.78, 5) is 30.5. The number of hydrogen-bond donors (Lipinski definition) is 1. The summed E-state index contributed by atoms with van der Waals surface area (Å²) in [6, 6.07) is 18.0. The highest BCUT2D eigenvalue weighted by Gasteiger charge is 2.36. The predicted octanol–water partition coefficient (Wildman–Crippen LogP) is 8.01. The fourth-order valence-electron chi connectivity index (χ4n) is 5.86. The number of amides is 2. The molecule has 5 rings (SSSR count). The van der Waals surface area contributed by atoms with Crippen LogP contribution in [0.3, 0.4) is 0 Å². The molecule has 200 valence electrons. The Bertz CT molecular complexity index is 1290.